The zero-order chi connectivity index (χ0) is 8.86. The molecule has 0 aromatic heterocycles. The lowest BCUT2D eigenvalue weighted by atomic mass is 9.75. The molecule has 1 aliphatic rings. The molecule has 2 N–H and O–H groups in total. The summed E-state index contributed by atoms with van der Waals surface area (Å²) in [5, 5.41) is 0. The van der Waals surface area contributed by atoms with Crippen molar-refractivity contribution in [2.45, 2.75) is 39.0 Å². The van der Waals surface area contributed by atoms with Gasteiger partial charge in [0.1, 0.15) is 0 Å². The molecule has 2 nitrogen and oxygen atoms in total. The van der Waals surface area contributed by atoms with Gasteiger partial charge in [0.05, 0.1) is 6.61 Å². The van der Waals surface area contributed by atoms with Gasteiger partial charge >= 0.3 is 0 Å². The van der Waals surface area contributed by atoms with Gasteiger partial charge in [-0.3, -0.25) is 0 Å². The molecule has 72 valence electrons. The molecular weight excluding hydrogens is 150 g/mol. The number of nitrogens with two attached hydrogens (primary N) is 1. The van der Waals surface area contributed by atoms with Crippen molar-refractivity contribution < 1.29 is 4.74 Å². The number of ether oxygens (including phenoxy) is 1. The third-order valence-electron chi connectivity index (χ3n) is 2.96. The van der Waals surface area contributed by atoms with E-state index in [1.54, 1.807) is 0 Å². The maximum atomic E-state index is 5.80. The van der Waals surface area contributed by atoms with Gasteiger partial charge in [0.15, 0.2) is 0 Å². The van der Waals surface area contributed by atoms with E-state index in [1.165, 1.54) is 32.1 Å². The van der Waals surface area contributed by atoms with E-state index >= 15 is 0 Å². The van der Waals surface area contributed by atoms with Crippen molar-refractivity contribution in [2.75, 3.05) is 19.8 Å². The Morgan fingerprint density at radius 1 is 1.25 bits per heavy atom. The quantitative estimate of drug-likeness (QED) is 0.701. The van der Waals surface area contributed by atoms with Crippen LogP contribution in [0.2, 0.25) is 0 Å². The van der Waals surface area contributed by atoms with Crippen LogP contribution in [0.1, 0.15) is 39.0 Å². The van der Waals surface area contributed by atoms with Gasteiger partial charge in [-0.05, 0) is 19.8 Å². The third-order valence-corrected chi connectivity index (χ3v) is 2.96. The molecule has 2 heteroatoms. The van der Waals surface area contributed by atoms with E-state index < -0.39 is 0 Å². The molecule has 0 radical (unpaired) electrons. The van der Waals surface area contributed by atoms with Gasteiger partial charge in [-0.15, -0.1) is 0 Å². The number of rotatable bonds is 4. The summed E-state index contributed by atoms with van der Waals surface area (Å²) >= 11 is 0. The van der Waals surface area contributed by atoms with Crippen LogP contribution in [0.5, 0.6) is 0 Å². The third kappa shape index (κ3) is 2.46. The van der Waals surface area contributed by atoms with Crippen molar-refractivity contribution in [3.8, 4) is 0 Å². The predicted octanol–water partition coefficient (Wildman–Crippen LogP) is 1.93. The summed E-state index contributed by atoms with van der Waals surface area (Å²) in [5.74, 6) is 0. The fourth-order valence-corrected chi connectivity index (χ4v) is 2.03. The molecule has 12 heavy (non-hydrogen) atoms. The summed E-state index contributed by atoms with van der Waals surface area (Å²) in [6.45, 7) is 4.54. The van der Waals surface area contributed by atoms with Crippen molar-refractivity contribution in [1.29, 1.82) is 0 Å². The fourth-order valence-electron chi connectivity index (χ4n) is 2.03. The first-order valence-corrected chi connectivity index (χ1v) is 5.11. The van der Waals surface area contributed by atoms with Gasteiger partial charge in [0.2, 0.25) is 0 Å². The zero-order valence-electron chi connectivity index (χ0n) is 8.14. The molecule has 0 amide bonds. The van der Waals surface area contributed by atoms with Gasteiger partial charge in [0.25, 0.3) is 0 Å². The SMILES string of the molecule is CCOCC1(CN)CCCCC1. The van der Waals surface area contributed by atoms with Gasteiger partial charge in [-0.25, -0.2) is 0 Å². The predicted molar refractivity (Wildman–Crippen MR) is 51.1 cm³/mol. The van der Waals surface area contributed by atoms with E-state index in [-0.39, 0.29) is 0 Å². The molecule has 0 aliphatic heterocycles. The van der Waals surface area contributed by atoms with E-state index in [4.69, 9.17) is 10.5 Å². The maximum absolute atomic E-state index is 5.80. The van der Waals surface area contributed by atoms with E-state index in [2.05, 4.69) is 0 Å². The van der Waals surface area contributed by atoms with E-state index in [9.17, 15) is 0 Å². The molecule has 0 spiro atoms. The molecule has 0 unspecified atom stereocenters. The van der Waals surface area contributed by atoms with Crippen LogP contribution in [0.4, 0.5) is 0 Å². The second-order valence-electron chi connectivity index (χ2n) is 3.90. The zero-order valence-corrected chi connectivity index (χ0v) is 8.14. The van der Waals surface area contributed by atoms with Crippen LogP contribution in [0.25, 0.3) is 0 Å². The van der Waals surface area contributed by atoms with Crippen LogP contribution in [-0.2, 0) is 4.74 Å². The first-order valence-electron chi connectivity index (χ1n) is 5.11. The fraction of sp³-hybridized carbons (Fsp3) is 1.00. The van der Waals surface area contributed by atoms with Gasteiger partial charge < -0.3 is 10.5 Å². The summed E-state index contributed by atoms with van der Waals surface area (Å²) in [6, 6.07) is 0. The highest BCUT2D eigenvalue weighted by Gasteiger charge is 2.30. The van der Waals surface area contributed by atoms with Gasteiger partial charge in [-0.2, -0.15) is 0 Å². The van der Waals surface area contributed by atoms with Crippen LogP contribution in [0, 0.1) is 5.41 Å². The second kappa shape index (κ2) is 4.83. The molecule has 0 bridgehead atoms. The molecule has 0 aromatic carbocycles. The Morgan fingerprint density at radius 3 is 2.42 bits per heavy atom. The van der Waals surface area contributed by atoms with Crippen molar-refractivity contribution in [3.05, 3.63) is 0 Å². The average Bonchev–Trinajstić information content (AvgIpc) is 2.16. The Hall–Kier alpha value is -0.0800. The summed E-state index contributed by atoms with van der Waals surface area (Å²) in [7, 11) is 0. The number of hydrogen-bond donors (Lipinski definition) is 1. The Labute approximate surface area is 75.5 Å². The second-order valence-corrected chi connectivity index (χ2v) is 3.90. The summed E-state index contributed by atoms with van der Waals surface area (Å²) in [4.78, 5) is 0. The minimum atomic E-state index is 0.328. The number of hydrogen-bond acceptors (Lipinski definition) is 2. The lowest BCUT2D eigenvalue weighted by Gasteiger charge is -2.35. The molecule has 1 fully saturated rings. The Kier molecular flexibility index (Phi) is 4.02. The van der Waals surface area contributed by atoms with Crippen molar-refractivity contribution >= 4 is 0 Å². The highest BCUT2D eigenvalue weighted by molar-refractivity contribution is 4.83. The van der Waals surface area contributed by atoms with Crippen molar-refractivity contribution in [3.63, 3.8) is 0 Å². The Morgan fingerprint density at radius 2 is 1.92 bits per heavy atom. The van der Waals surface area contributed by atoms with Crippen LogP contribution < -0.4 is 5.73 Å². The lowest BCUT2D eigenvalue weighted by molar-refractivity contribution is 0.0314. The van der Waals surface area contributed by atoms with Crippen LogP contribution >= 0.6 is 0 Å². The molecule has 1 saturated carbocycles. The highest BCUT2D eigenvalue weighted by atomic mass is 16.5. The average molecular weight is 171 g/mol. The monoisotopic (exact) mass is 171 g/mol. The topological polar surface area (TPSA) is 35.2 Å². The van der Waals surface area contributed by atoms with Gasteiger partial charge in [0, 0.05) is 18.6 Å². The maximum Gasteiger partial charge on any atom is 0.0534 e. The molecule has 1 aliphatic carbocycles. The highest BCUT2D eigenvalue weighted by Crippen LogP contribution is 2.35. The van der Waals surface area contributed by atoms with Crippen molar-refractivity contribution in [1.82, 2.24) is 0 Å². The lowest BCUT2D eigenvalue weighted by Crippen LogP contribution is -2.37. The van der Waals surface area contributed by atoms with Crippen LogP contribution in [0.3, 0.4) is 0 Å². The normalized spacial score (nSPS) is 22.5. The summed E-state index contributed by atoms with van der Waals surface area (Å²) in [5.41, 5.74) is 6.13. The molecule has 0 saturated heterocycles. The first-order chi connectivity index (χ1) is 5.83. The standard InChI is InChI=1S/C10H21NO/c1-2-12-9-10(8-11)6-4-3-5-7-10/h2-9,11H2,1H3. The first kappa shape index (κ1) is 10.0. The Bertz CT molecular complexity index is 119. The van der Waals surface area contributed by atoms with Crippen LogP contribution in [-0.4, -0.2) is 19.8 Å². The summed E-state index contributed by atoms with van der Waals surface area (Å²) in [6.07, 6.45) is 6.59. The minimum Gasteiger partial charge on any atom is -0.381 e. The smallest absolute Gasteiger partial charge is 0.0534 e. The molecule has 0 aromatic rings. The van der Waals surface area contributed by atoms with E-state index in [1.807, 2.05) is 6.92 Å². The van der Waals surface area contributed by atoms with E-state index in [0.29, 0.717) is 5.41 Å². The van der Waals surface area contributed by atoms with Crippen molar-refractivity contribution in [2.24, 2.45) is 11.1 Å². The minimum absolute atomic E-state index is 0.328. The van der Waals surface area contributed by atoms with Gasteiger partial charge in [-0.1, -0.05) is 19.3 Å². The molecule has 0 atom stereocenters. The largest absolute Gasteiger partial charge is 0.381 e. The Balaban J connectivity index is 2.37. The van der Waals surface area contributed by atoms with Crippen LogP contribution in [0.15, 0.2) is 0 Å². The molecule has 1 rings (SSSR count). The summed E-state index contributed by atoms with van der Waals surface area (Å²) < 4.78 is 5.49. The molecule has 0 heterocycles. The molecular formula is C10H21NO. The van der Waals surface area contributed by atoms with E-state index in [0.717, 1.165) is 19.8 Å².